The Hall–Kier alpha value is -2.27. The largest absolute Gasteiger partial charge is 0.283 e. The number of benzene rings is 1. The average Bonchev–Trinajstić information content (AvgIpc) is 3.16. The van der Waals surface area contributed by atoms with Crippen LogP contribution in [0.1, 0.15) is 55.8 Å². The minimum absolute atomic E-state index is 0.115. The van der Waals surface area contributed by atoms with Gasteiger partial charge in [0.1, 0.15) is 0 Å². The van der Waals surface area contributed by atoms with Crippen LogP contribution in [0.15, 0.2) is 36.5 Å². The van der Waals surface area contributed by atoms with Crippen LogP contribution in [0, 0.1) is 12.8 Å². The Labute approximate surface area is 170 Å². The van der Waals surface area contributed by atoms with Crippen LogP contribution >= 0.6 is 11.3 Å². The molecule has 1 saturated carbocycles. The number of amides is 1. The predicted octanol–water partition coefficient (Wildman–Crippen LogP) is 5.68. The second-order valence-electron chi connectivity index (χ2n) is 7.66. The molecule has 1 aliphatic rings. The summed E-state index contributed by atoms with van der Waals surface area (Å²) in [5.41, 5.74) is 4.33. The van der Waals surface area contributed by atoms with Crippen molar-refractivity contribution in [2.75, 3.05) is 4.90 Å². The van der Waals surface area contributed by atoms with Gasteiger partial charge in [0.25, 0.3) is 0 Å². The lowest BCUT2D eigenvalue weighted by Gasteiger charge is -2.28. The summed E-state index contributed by atoms with van der Waals surface area (Å²) in [6.45, 7) is 4.70. The van der Waals surface area contributed by atoms with E-state index in [0.29, 0.717) is 6.54 Å². The number of aromatic nitrogens is 2. The van der Waals surface area contributed by atoms with Crippen LogP contribution in [0.2, 0.25) is 0 Å². The SMILES string of the molecule is CCc1ccc2nc(N(Cc3cccnc3C)C(=O)C3CCCCC3)sc2c1. The maximum atomic E-state index is 13.5. The summed E-state index contributed by atoms with van der Waals surface area (Å²) in [5, 5.41) is 0.807. The molecule has 1 aromatic carbocycles. The van der Waals surface area contributed by atoms with Crippen LogP contribution in [0.4, 0.5) is 5.13 Å². The smallest absolute Gasteiger partial charge is 0.232 e. The van der Waals surface area contributed by atoms with Crippen molar-refractivity contribution in [2.24, 2.45) is 5.92 Å². The summed E-state index contributed by atoms with van der Waals surface area (Å²) in [5.74, 6) is 0.335. The molecule has 0 radical (unpaired) electrons. The molecule has 0 aliphatic heterocycles. The first-order valence-corrected chi connectivity index (χ1v) is 11.1. The third-order valence-corrected chi connectivity index (χ3v) is 6.79. The van der Waals surface area contributed by atoms with Gasteiger partial charge < -0.3 is 0 Å². The van der Waals surface area contributed by atoms with Gasteiger partial charge in [-0.1, -0.05) is 49.7 Å². The molecule has 1 aliphatic carbocycles. The molecule has 146 valence electrons. The van der Waals surface area contributed by atoms with E-state index in [9.17, 15) is 4.79 Å². The molecular formula is C23H27N3OS. The van der Waals surface area contributed by atoms with Crippen LogP contribution in [0.3, 0.4) is 0 Å². The van der Waals surface area contributed by atoms with E-state index in [1.807, 2.05) is 17.9 Å². The van der Waals surface area contributed by atoms with E-state index in [4.69, 9.17) is 4.98 Å². The number of carbonyl (C=O) groups excluding carboxylic acids is 1. The number of hydrogen-bond acceptors (Lipinski definition) is 4. The first-order valence-electron chi connectivity index (χ1n) is 10.3. The van der Waals surface area contributed by atoms with Crippen LogP contribution in [-0.2, 0) is 17.8 Å². The molecule has 3 aromatic rings. The quantitative estimate of drug-likeness (QED) is 0.560. The number of fused-ring (bicyclic) bond motifs is 1. The monoisotopic (exact) mass is 393 g/mol. The summed E-state index contributed by atoms with van der Waals surface area (Å²) < 4.78 is 1.15. The van der Waals surface area contributed by atoms with Crippen LogP contribution in [0.25, 0.3) is 10.2 Å². The van der Waals surface area contributed by atoms with E-state index in [0.717, 1.165) is 58.7 Å². The molecule has 0 N–H and O–H groups in total. The van der Waals surface area contributed by atoms with Gasteiger partial charge in [-0.15, -0.1) is 0 Å². The Bertz CT molecular complexity index is 975. The molecule has 2 aromatic heterocycles. The van der Waals surface area contributed by atoms with Crippen molar-refractivity contribution >= 4 is 32.6 Å². The molecule has 4 nitrogen and oxygen atoms in total. The standard InChI is InChI=1S/C23H27N3OS/c1-3-17-11-12-20-21(14-17)28-23(25-20)26(15-19-10-7-13-24-16(19)2)22(27)18-8-5-4-6-9-18/h7,10-14,18H,3-6,8-9,15H2,1-2H3. The second kappa shape index (κ2) is 8.39. The molecule has 0 atom stereocenters. The first-order chi connectivity index (χ1) is 13.7. The fourth-order valence-electron chi connectivity index (χ4n) is 3.96. The first kappa shape index (κ1) is 19.1. The van der Waals surface area contributed by atoms with Gasteiger partial charge in [-0.2, -0.15) is 0 Å². The van der Waals surface area contributed by atoms with Crippen molar-refractivity contribution in [2.45, 2.75) is 58.9 Å². The Balaban J connectivity index is 1.71. The minimum atomic E-state index is 0.115. The lowest BCUT2D eigenvalue weighted by atomic mass is 9.88. The van der Waals surface area contributed by atoms with Gasteiger partial charge in [0.05, 0.1) is 16.8 Å². The third kappa shape index (κ3) is 3.95. The fourth-order valence-corrected chi connectivity index (χ4v) is 4.99. The number of pyridine rings is 1. The van der Waals surface area contributed by atoms with E-state index in [1.165, 1.54) is 12.0 Å². The van der Waals surface area contributed by atoms with Crippen LogP contribution < -0.4 is 4.90 Å². The molecule has 0 unspecified atom stereocenters. The fraction of sp³-hybridized carbons (Fsp3) is 0.435. The van der Waals surface area contributed by atoms with Crippen molar-refractivity contribution in [1.82, 2.24) is 9.97 Å². The minimum Gasteiger partial charge on any atom is -0.283 e. The summed E-state index contributed by atoms with van der Waals surface area (Å²) in [6.07, 6.45) is 8.33. The number of anilines is 1. The van der Waals surface area contributed by atoms with Crippen molar-refractivity contribution in [3.05, 3.63) is 53.3 Å². The Morgan fingerprint density at radius 1 is 1.21 bits per heavy atom. The van der Waals surface area contributed by atoms with Crippen LogP contribution in [0.5, 0.6) is 0 Å². The van der Waals surface area contributed by atoms with Crippen molar-refractivity contribution in [3.8, 4) is 0 Å². The van der Waals surface area contributed by atoms with E-state index < -0.39 is 0 Å². The van der Waals surface area contributed by atoms with Crippen LogP contribution in [-0.4, -0.2) is 15.9 Å². The molecule has 1 amide bonds. The number of rotatable bonds is 5. The van der Waals surface area contributed by atoms with Gasteiger partial charge in [0, 0.05) is 17.8 Å². The van der Waals surface area contributed by atoms with Crippen molar-refractivity contribution in [3.63, 3.8) is 0 Å². The summed E-state index contributed by atoms with van der Waals surface area (Å²) in [7, 11) is 0. The number of hydrogen-bond donors (Lipinski definition) is 0. The Kier molecular flexibility index (Phi) is 5.72. The number of nitrogens with zero attached hydrogens (tertiary/aromatic N) is 3. The molecule has 2 heterocycles. The van der Waals surface area contributed by atoms with Gasteiger partial charge in [-0.3, -0.25) is 14.7 Å². The summed E-state index contributed by atoms with van der Waals surface area (Å²) in [4.78, 5) is 24.6. The number of thiazole rings is 1. The van der Waals surface area contributed by atoms with E-state index in [-0.39, 0.29) is 11.8 Å². The molecule has 0 bridgehead atoms. The lowest BCUT2D eigenvalue weighted by Crippen LogP contribution is -2.36. The molecule has 1 fully saturated rings. The zero-order chi connectivity index (χ0) is 19.5. The number of aryl methyl sites for hydroxylation is 2. The summed E-state index contributed by atoms with van der Waals surface area (Å²) >= 11 is 1.63. The molecular weight excluding hydrogens is 366 g/mol. The van der Waals surface area contributed by atoms with Crippen molar-refractivity contribution in [1.29, 1.82) is 0 Å². The number of carbonyl (C=O) groups is 1. The topological polar surface area (TPSA) is 46.1 Å². The molecule has 5 heteroatoms. The highest BCUT2D eigenvalue weighted by Crippen LogP contribution is 2.34. The lowest BCUT2D eigenvalue weighted by molar-refractivity contribution is -0.123. The highest BCUT2D eigenvalue weighted by molar-refractivity contribution is 7.22. The van der Waals surface area contributed by atoms with Gasteiger partial charge in [-0.05, 0) is 55.5 Å². The van der Waals surface area contributed by atoms with Gasteiger partial charge in [0.2, 0.25) is 5.91 Å². The van der Waals surface area contributed by atoms with E-state index >= 15 is 0 Å². The molecule has 4 rings (SSSR count). The van der Waals surface area contributed by atoms with E-state index in [1.54, 1.807) is 17.5 Å². The third-order valence-electron chi connectivity index (χ3n) is 5.75. The Morgan fingerprint density at radius 2 is 2.04 bits per heavy atom. The van der Waals surface area contributed by atoms with Gasteiger partial charge in [0.15, 0.2) is 5.13 Å². The van der Waals surface area contributed by atoms with Gasteiger partial charge >= 0.3 is 0 Å². The highest BCUT2D eigenvalue weighted by atomic mass is 32.1. The maximum Gasteiger partial charge on any atom is 0.232 e. The molecule has 28 heavy (non-hydrogen) atoms. The predicted molar refractivity (Wildman–Crippen MR) is 116 cm³/mol. The molecule has 0 spiro atoms. The normalized spacial score (nSPS) is 15.1. The second-order valence-corrected chi connectivity index (χ2v) is 8.67. The zero-order valence-electron chi connectivity index (χ0n) is 16.6. The Morgan fingerprint density at radius 3 is 2.79 bits per heavy atom. The van der Waals surface area contributed by atoms with Gasteiger partial charge in [-0.25, -0.2) is 4.98 Å². The average molecular weight is 394 g/mol. The van der Waals surface area contributed by atoms with E-state index in [2.05, 4.69) is 36.2 Å². The zero-order valence-corrected chi connectivity index (χ0v) is 17.5. The maximum absolute atomic E-state index is 13.5. The highest BCUT2D eigenvalue weighted by Gasteiger charge is 2.29. The summed E-state index contributed by atoms with van der Waals surface area (Å²) in [6, 6.07) is 10.4. The molecule has 0 saturated heterocycles. The van der Waals surface area contributed by atoms with Crippen molar-refractivity contribution < 1.29 is 4.79 Å².